The normalized spacial score (nSPS) is 10.1. The molecule has 0 aliphatic heterocycles. The van der Waals surface area contributed by atoms with Crippen molar-refractivity contribution in [2.24, 2.45) is 0 Å². The standard InChI is InChI=1S/C13H9ClOS/c14-10-6-7-12(16)11(8-10)13(15)9-4-2-1-3-5-9/h1-8,16H. The van der Waals surface area contributed by atoms with Crippen molar-refractivity contribution >= 4 is 30.0 Å². The average Bonchev–Trinajstić information content (AvgIpc) is 2.32. The number of halogens is 1. The summed E-state index contributed by atoms with van der Waals surface area (Å²) in [6.07, 6.45) is 0. The van der Waals surface area contributed by atoms with Crippen molar-refractivity contribution in [3.63, 3.8) is 0 Å². The van der Waals surface area contributed by atoms with E-state index in [4.69, 9.17) is 11.6 Å². The molecule has 0 aromatic heterocycles. The number of benzene rings is 2. The van der Waals surface area contributed by atoms with Crippen LogP contribution in [-0.2, 0) is 0 Å². The zero-order valence-corrected chi connectivity index (χ0v) is 10.0. The molecule has 0 amide bonds. The number of hydrogen-bond donors (Lipinski definition) is 1. The van der Waals surface area contributed by atoms with Crippen molar-refractivity contribution in [2.45, 2.75) is 4.90 Å². The lowest BCUT2D eigenvalue weighted by Gasteiger charge is -2.04. The van der Waals surface area contributed by atoms with Crippen LogP contribution in [0.25, 0.3) is 0 Å². The van der Waals surface area contributed by atoms with Gasteiger partial charge in [0.25, 0.3) is 0 Å². The number of thiol groups is 1. The van der Waals surface area contributed by atoms with E-state index in [9.17, 15) is 4.79 Å². The van der Waals surface area contributed by atoms with Gasteiger partial charge in [-0.3, -0.25) is 4.79 Å². The van der Waals surface area contributed by atoms with Gasteiger partial charge < -0.3 is 0 Å². The second-order valence-corrected chi connectivity index (χ2v) is 4.27. The molecular weight excluding hydrogens is 240 g/mol. The summed E-state index contributed by atoms with van der Waals surface area (Å²) in [6.45, 7) is 0. The molecule has 0 bridgehead atoms. The summed E-state index contributed by atoms with van der Waals surface area (Å²) in [5.74, 6) is -0.0619. The van der Waals surface area contributed by atoms with Gasteiger partial charge in [0.15, 0.2) is 5.78 Å². The van der Waals surface area contributed by atoms with Crippen LogP contribution in [0.5, 0.6) is 0 Å². The Bertz CT molecular complexity index is 523. The van der Waals surface area contributed by atoms with Crippen LogP contribution in [0.4, 0.5) is 0 Å². The highest BCUT2D eigenvalue weighted by atomic mass is 35.5. The summed E-state index contributed by atoms with van der Waals surface area (Å²) in [6, 6.07) is 14.2. The van der Waals surface area contributed by atoms with Gasteiger partial charge in [0.1, 0.15) is 0 Å². The Balaban J connectivity index is 2.46. The van der Waals surface area contributed by atoms with Gasteiger partial charge in [0, 0.05) is 21.0 Å². The van der Waals surface area contributed by atoms with E-state index in [0.29, 0.717) is 21.0 Å². The lowest BCUT2D eigenvalue weighted by molar-refractivity contribution is 0.103. The fourth-order valence-electron chi connectivity index (χ4n) is 1.44. The Morgan fingerprint density at radius 3 is 2.44 bits per heavy atom. The Morgan fingerprint density at radius 1 is 1.06 bits per heavy atom. The molecule has 0 radical (unpaired) electrons. The predicted molar refractivity (Wildman–Crippen MR) is 68.6 cm³/mol. The summed E-state index contributed by atoms with van der Waals surface area (Å²) in [5, 5.41) is 0.539. The van der Waals surface area contributed by atoms with Gasteiger partial charge in [0.2, 0.25) is 0 Å². The molecule has 0 heterocycles. The first-order valence-electron chi connectivity index (χ1n) is 4.77. The maximum absolute atomic E-state index is 12.1. The number of carbonyl (C=O) groups excluding carboxylic acids is 1. The largest absolute Gasteiger partial charge is 0.289 e. The van der Waals surface area contributed by atoms with Gasteiger partial charge in [-0.2, -0.15) is 0 Å². The average molecular weight is 249 g/mol. The molecule has 0 saturated carbocycles. The highest BCUT2D eigenvalue weighted by molar-refractivity contribution is 7.80. The van der Waals surface area contributed by atoms with E-state index >= 15 is 0 Å². The van der Waals surface area contributed by atoms with E-state index in [1.807, 2.05) is 18.2 Å². The molecule has 0 N–H and O–H groups in total. The molecule has 0 aliphatic rings. The molecule has 16 heavy (non-hydrogen) atoms. The molecule has 0 atom stereocenters. The Hall–Kier alpha value is -1.25. The number of hydrogen-bond acceptors (Lipinski definition) is 2. The minimum atomic E-state index is -0.0619. The van der Waals surface area contributed by atoms with Crippen LogP contribution >= 0.6 is 24.2 Å². The first-order chi connectivity index (χ1) is 7.68. The molecule has 3 heteroatoms. The Labute approximate surface area is 104 Å². The van der Waals surface area contributed by atoms with Crippen LogP contribution in [0.3, 0.4) is 0 Å². The molecule has 2 aromatic carbocycles. The van der Waals surface area contributed by atoms with Gasteiger partial charge in [-0.1, -0.05) is 41.9 Å². The van der Waals surface area contributed by atoms with E-state index < -0.39 is 0 Å². The SMILES string of the molecule is O=C(c1ccccc1)c1cc(Cl)ccc1S. The van der Waals surface area contributed by atoms with E-state index in [2.05, 4.69) is 12.6 Å². The van der Waals surface area contributed by atoms with Crippen molar-refractivity contribution < 1.29 is 4.79 Å². The van der Waals surface area contributed by atoms with Crippen molar-refractivity contribution in [1.29, 1.82) is 0 Å². The minimum Gasteiger partial charge on any atom is -0.289 e. The van der Waals surface area contributed by atoms with Gasteiger partial charge in [-0.25, -0.2) is 0 Å². The number of carbonyl (C=O) groups is 1. The molecule has 0 saturated heterocycles. The fraction of sp³-hybridized carbons (Fsp3) is 0. The summed E-state index contributed by atoms with van der Waals surface area (Å²) in [7, 11) is 0. The third-order valence-corrected chi connectivity index (χ3v) is 2.86. The first kappa shape index (κ1) is 11.2. The molecule has 0 unspecified atom stereocenters. The summed E-state index contributed by atoms with van der Waals surface area (Å²) >= 11 is 10.1. The predicted octanol–water partition coefficient (Wildman–Crippen LogP) is 3.86. The van der Waals surface area contributed by atoms with Crippen molar-refractivity contribution in [2.75, 3.05) is 0 Å². The van der Waals surface area contributed by atoms with Crippen LogP contribution in [-0.4, -0.2) is 5.78 Å². The molecule has 0 fully saturated rings. The molecule has 0 aliphatic carbocycles. The van der Waals surface area contributed by atoms with Crippen molar-refractivity contribution in [1.82, 2.24) is 0 Å². The van der Waals surface area contributed by atoms with Crippen molar-refractivity contribution in [3.05, 3.63) is 64.7 Å². The molecule has 2 aromatic rings. The van der Waals surface area contributed by atoms with Gasteiger partial charge >= 0.3 is 0 Å². The summed E-state index contributed by atoms with van der Waals surface area (Å²) < 4.78 is 0. The van der Waals surface area contributed by atoms with E-state index in [-0.39, 0.29) is 5.78 Å². The third-order valence-electron chi connectivity index (χ3n) is 2.24. The summed E-state index contributed by atoms with van der Waals surface area (Å²) in [5.41, 5.74) is 1.17. The lowest BCUT2D eigenvalue weighted by atomic mass is 10.0. The van der Waals surface area contributed by atoms with E-state index in [1.165, 1.54) is 0 Å². The van der Waals surface area contributed by atoms with Crippen LogP contribution < -0.4 is 0 Å². The topological polar surface area (TPSA) is 17.1 Å². The van der Waals surface area contributed by atoms with E-state index in [0.717, 1.165) is 0 Å². The van der Waals surface area contributed by atoms with Crippen molar-refractivity contribution in [3.8, 4) is 0 Å². The van der Waals surface area contributed by atoms with Crippen LogP contribution in [0, 0.1) is 0 Å². The lowest BCUT2D eigenvalue weighted by Crippen LogP contribution is -2.02. The Kier molecular flexibility index (Phi) is 3.32. The second-order valence-electron chi connectivity index (χ2n) is 3.36. The molecule has 1 nitrogen and oxygen atoms in total. The van der Waals surface area contributed by atoms with Gasteiger partial charge in [-0.15, -0.1) is 12.6 Å². The van der Waals surface area contributed by atoms with E-state index in [1.54, 1.807) is 30.3 Å². The third kappa shape index (κ3) is 2.29. The monoisotopic (exact) mass is 248 g/mol. The number of rotatable bonds is 2. The maximum atomic E-state index is 12.1. The highest BCUT2D eigenvalue weighted by Gasteiger charge is 2.11. The molecule has 0 spiro atoms. The zero-order chi connectivity index (χ0) is 11.5. The minimum absolute atomic E-state index is 0.0619. The smallest absolute Gasteiger partial charge is 0.194 e. The highest BCUT2D eigenvalue weighted by Crippen LogP contribution is 2.21. The van der Waals surface area contributed by atoms with Gasteiger partial charge in [0.05, 0.1) is 0 Å². The van der Waals surface area contributed by atoms with Gasteiger partial charge in [-0.05, 0) is 18.2 Å². The first-order valence-corrected chi connectivity index (χ1v) is 5.59. The quantitative estimate of drug-likeness (QED) is 0.631. The summed E-state index contributed by atoms with van der Waals surface area (Å²) in [4.78, 5) is 12.7. The zero-order valence-electron chi connectivity index (χ0n) is 8.35. The van der Waals surface area contributed by atoms with Crippen LogP contribution in [0.2, 0.25) is 5.02 Å². The second kappa shape index (κ2) is 4.73. The number of ketones is 1. The van der Waals surface area contributed by atoms with Crippen LogP contribution in [0.15, 0.2) is 53.4 Å². The maximum Gasteiger partial charge on any atom is 0.194 e. The van der Waals surface area contributed by atoms with Crippen LogP contribution in [0.1, 0.15) is 15.9 Å². The molecular formula is C13H9ClOS. The Morgan fingerprint density at radius 2 is 1.75 bits per heavy atom. The molecule has 80 valence electrons. The fourth-order valence-corrected chi connectivity index (χ4v) is 1.85. The molecule has 2 rings (SSSR count).